The minimum absolute atomic E-state index is 0.663. The Morgan fingerprint density at radius 1 is 1.21 bits per heavy atom. The van der Waals surface area contributed by atoms with E-state index < -0.39 is 0 Å². The minimum atomic E-state index is 0.663. The van der Waals surface area contributed by atoms with E-state index in [9.17, 15) is 0 Å². The average molecular weight is 193 g/mol. The standard InChI is InChI=1S/C11H19N3/c1-9(2)13-7-14(8-13)11-5-3-10(12)4-6-11/h3,5,9H,4,6-8,12H2,1-2H3. The molecular formula is C11H19N3. The molecule has 1 fully saturated rings. The van der Waals surface area contributed by atoms with E-state index in [2.05, 4.69) is 29.7 Å². The molecule has 0 unspecified atom stereocenters. The molecule has 0 atom stereocenters. The first kappa shape index (κ1) is 9.59. The highest BCUT2D eigenvalue weighted by atomic mass is 15.5. The molecule has 2 N–H and O–H groups in total. The Balaban J connectivity index is 1.88. The van der Waals surface area contributed by atoms with E-state index in [-0.39, 0.29) is 0 Å². The van der Waals surface area contributed by atoms with Gasteiger partial charge < -0.3 is 10.6 Å². The van der Waals surface area contributed by atoms with Crippen LogP contribution in [0, 0.1) is 0 Å². The van der Waals surface area contributed by atoms with Crippen molar-refractivity contribution in [2.24, 2.45) is 5.73 Å². The molecule has 0 spiro atoms. The van der Waals surface area contributed by atoms with Gasteiger partial charge in [0.25, 0.3) is 0 Å². The van der Waals surface area contributed by atoms with Crippen molar-refractivity contribution in [1.29, 1.82) is 0 Å². The van der Waals surface area contributed by atoms with Crippen LogP contribution in [0.2, 0.25) is 0 Å². The van der Waals surface area contributed by atoms with Gasteiger partial charge in [0.2, 0.25) is 0 Å². The van der Waals surface area contributed by atoms with E-state index in [0.29, 0.717) is 6.04 Å². The molecule has 1 heterocycles. The van der Waals surface area contributed by atoms with Gasteiger partial charge in [0.15, 0.2) is 0 Å². The fourth-order valence-corrected chi connectivity index (χ4v) is 1.81. The average Bonchev–Trinajstić information content (AvgIpc) is 2.05. The second-order valence-electron chi connectivity index (χ2n) is 4.40. The molecule has 1 aliphatic carbocycles. The van der Waals surface area contributed by atoms with Crippen molar-refractivity contribution in [3.63, 3.8) is 0 Å². The molecule has 14 heavy (non-hydrogen) atoms. The van der Waals surface area contributed by atoms with E-state index in [1.54, 1.807) is 0 Å². The van der Waals surface area contributed by atoms with Crippen LogP contribution in [0.4, 0.5) is 0 Å². The van der Waals surface area contributed by atoms with Crippen LogP contribution in [0.3, 0.4) is 0 Å². The molecule has 1 saturated heterocycles. The van der Waals surface area contributed by atoms with Gasteiger partial charge in [-0.3, -0.25) is 4.90 Å². The maximum absolute atomic E-state index is 5.72. The highest BCUT2D eigenvalue weighted by Crippen LogP contribution is 2.24. The van der Waals surface area contributed by atoms with Crippen molar-refractivity contribution in [2.45, 2.75) is 32.7 Å². The molecule has 0 aromatic heterocycles. The molecule has 0 bridgehead atoms. The van der Waals surface area contributed by atoms with E-state index in [1.807, 2.05) is 6.08 Å². The largest absolute Gasteiger partial charge is 0.402 e. The zero-order chi connectivity index (χ0) is 10.1. The molecule has 0 amide bonds. The molecule has 2 aliphatic rings. The van der Waals surface area contributed by atoms with Crippen molar-refractivity contribution in [3.8, 4) is 0 Å². The molecular weight excluding hydrogens is 174 g/mol. The molecule has 0 saturated carbocycles. The Morgan fingerprint density at radius 3 is 2.43 bits per heavy atom. The minimum Gasteiger partial charge on any atom is -0.402 e. The monoisotopic (exact) mass is 193 g/mol. The molecule has 0 aromatic carbocycles. The Hall–Kier alpha value is -0.960. The summed E-state index contributed by atoms with van der Waals surface area (Å²) in [5, 5.41) is 0. The van der Waals surface area contributed by atoms with Crippen LogP contribution in [-0.2, 0) is 0 Å². The summed E-state index contributed by atoms with van der Waals surface area (Å²) in [5.74, 6) is 0. The van der Waals surface area contributed by atoms with Gasteiger partial charge in [-0.05, 0) is 38.8 Å². The van der Waals surface area contributed by atoms with E-state index in [4.69, 9.17) is 5.73 Å². The number of nitrogens with zero attached hydrogens (tertiary/aromatic N) is 2. The summed E-state index contributed by atoms with van der Waals surface area (Å²) in [7, 11) is 0. The fourth-order valence-electron chi connectivity index (χ4n) is 1.81. The van der Waals surface area contributed by atoms with Crippen LogP contribution in [0.25, 0.3) is 0 Å². The van der Waals surface area contributed by atoms with E-state index in [0.717, 1.165) is 31.9 Å². The highest BCUT2D eigenvalue weighted by Gasteiger charge is 2.27. The van der Waals surface area contributed by atoms with Gasteiger partial charge in [0.05, 0.1) is 13.3 Å². The smallest absolute Gasteiger partial charge is 0.0734 e. The third-order valence-electron chi connectivity index (χ3n) is 3.00. The molecule has 1 aliphatic heterocycles. The van der Waals surface area contributed by atoms with Crippen LogP contribution in [0.1, 0.15) is 26.7 Å². The van der Waals surface area contributed by atoms with Gasteiger partial charge in [-0.2, -0.15) is 0 Å². The summed E-state index contributed by atoms with van der Waals surface area (Å²) in [5.41, 5.74) is 8.17. The first-order chi connectivity index (χ1) is 6.66. The quantitative estimate of drug-likeness (QED) is 0.720. The van der Waals surface area contributed by atoms with Gasteiger partial charge in [-0.1, -0.05) is 0 Å². The van der Waals surface area contributed by atoms with Gasteiger partial charge in [-0.25, -0.2) is 0 Å². The lowest BCUT2D eigenvalue weighted by molar-refractivity contribution is -0.0280. The van der Waals surface area contributed by atoms with E-state index in [1.165, 1.54) is 5.70 Å². The Bertz CT molecular complexity index is 272. The van der Waals surface area contributed by atoms with Crippen LogP contribution >= 0.6 is 0 Å². The second-order valence-corrected chi connectivity index (χ2v) is 4.40. The predicted molar refractivity (Wildman–Crippen MR) is 58.1 cm³/mol. The lowest BCUT2D eigenvalue weighted by atomic mass is 10.1. The van der Waals surface area contributed by atoms with Crippen molar-refractivity contribution in [2.75, 3.05) is 13.3 Å². The third-order valence-corrected chi connectivity index (χ3v) is 3.00. The van der Waals surface area contributed by atoms with Crippen molar-refractivity contribution in [1.82, 2.24) is 9.80 Å². The van der Waals surface area contributed by atoms with Crippen molar-refractivity contribution < 1.29 is 0 Å². The van der Waals surface area contributed by atoms with Gasteiger partial charge in [0.1, 0.15) is 0 Å². The Morgan fingerprint density at radius 2 is 1.93 bits per heavy atom. The molecule has 0 radical (unpaired) electrons. The molecule has 2 rings (SSSR count). The van der Waals surface area contributed by atoms with Gasteiger partial charge >= 0.3 is 0 Å². The third kappa shape index (κ3) is 1.77. The van der Waals surface area contributed by atoms with Crippen LogP contribution in [-0.4, -0.2) is 29.2 Å². The molecule has 0 aromatic rings. The first-order valence-corrected chi connectivity index (χ1v) is 5.31. The zero-order valence-electron chi connectivity index (χ0n) is 9.03. The van der Waals surface area contributed by atoms with E-state index >= 15 is 0 Å². The predicted octanol–water partition coefficient (Wildman–Crippen LogP) is 1.45. The molecule has 3 nitrogen and oxygen atoms in total. The maximum Gasteiger partial charge on any atom is 0.0734 e. The fraction of sp³-hybridized carbons (Fsp3) is 0.636. The lowest BCUT2D eigenvalue weighted by Gasteiger charge is -2.47. The van der Waals surface area contributed by atoms with Gasteiger partial charge in [-0.15, -0.1) is 0 Å². The second kappa shape index (κ2) is 3.65. The Labute approximate surface area is 85.9 Å². The number of hydrogen-bond donors (Lipinski definition) is 1. The SMILES string of the molecule is CC(C)N1CN(C2=CC=C(N)CC2)C1. The van der Waals surface area contributed by atoms with Crippen LogP contribution in [0.15, 0.2) is 23.5 Å². The summed E-state index contributed by atoms with van der Waals surface area (Å²) in [4.78, 5) is 4.87. The number of allylic oxidation sites excluding steroid dienone is 4. The highest BCUT2D eigenvalue weighted by molar-refractivity contribution is 5.22. The number of nitrogens with two attached hydrogens (primary N) is 1. The van der Waals surface area contributed by atoms with Crippen molar-refractivity contribution in [3.05, 3.63) is 23.5 Å². The summed E-state index contributed by atoms with van der Waals surface area (Å²) in [6.45, 7) is 6.64. The van der Waals surface area contributed by atoms with Gasteiger partial charge in [0, 0.05) is 17.4 Å². The summed E-state index contributed by atoms with van der Waals surface area (Å²) in [6.07, 6.45) is 6.33. The topological polar surface area (TPSA) is 32.5 Å². The number of rotatable bonds is 2. The molecule has 78 valence electrons. The zero-order valence-corrected chi connectivity index (χ0v) is 9.03. The lowest BCUT2D eigenvalue weighted by Crippen LogP contribution is -2.57. The molecule has 3 heteroatoms. The van der Waals surface area contributed by atoms with Crippen LogP contribution < -0.4 is 5.73 Å². The van der Waals surface area contributed by atoms with Crippen molar-refractivity contribution >= 4 is 0 Å². The van der Waals surface area contributed by atoms with Crippen LogP contribution in [0.5, 0.6) is 0 Å². The normalized spacial score (nSPS) is 23.2. The first-order valence-electron chi connectivity index (χ1n) is 5.31. The maximum atomic E-state index is 5.72. The summed E-state index contributed by atoms with van der Waals surface area (Å²) < 4.78 is 0. The Kier molecular flexibility index (Phi) is 2.50. The summed E-state index contributed by atoms with van der Waals surface area (Å²) >= 11 is 0. The summed E-state index contributed by atoms with van der Waals surface area (Å²) in [6, 6.07) is 0.663. The number of hydrogen-bond acceptors (Lipinski definition) is 3.